The third kappa shape index (κ3) is 4.15. The van der Waals surface area contributed by atoms with Crippen LogP contribution in [0.2, 0.25) is 0 Å². The lowest BCUT2D eigenvalue weighted by atomic mass is 9.94. The summed E-state index contributed by atoms with van der Waals surface area (Å²) in [6, 6.07) is 10.2. The summed E-state index contributed by atoms with van der Waals surface area (Å²) < 4.78 is 0. The van der Waals surface area contributed by atoms with Crippen molar-refractivity contribution in [3.05, 3.63) is 35.9 Å². The molecule has 0 radical (unpaired) electrons. The van der Waals surface area contributed by atoms with Crippen LogP contribution in [0.25, 0.3) is 0 Å². The number of benzene rings is 1. The molecule has 0 aromatic heterocycles. The van der Waals surface area contributed by atoms with Gasteiger partial charge in [0.2, 0.25) is 5.91 Å². The minimum atomic E-state index is -0.0641. The van der Waals surface area contributed by atoms with Gasteiger partial charge in [0.15, 0.2) is 0 Å². The molecule has 100 valence electrons. The summed E-state index contributed by atoms with van der Waals surface area (Å²) in [6.07, 6.45) is 0.887. The number of amides is 1. The average Bonchev–Trinajstić information content (AvgIpc) is 2.37. The van der Waals surface area contributed by atoms with Crippen LogP contribution >= 0.6 is 0 Å². The highest BCUT2D eigenvalue weighted by molar-refractivity contribution is 5.79. The first kappa shape index (κ1) is 14.7. The fourth-order valence-electron chi connectivity index (χ4n) is 1.99. The SMILES string of the molecule is CC(C)C(CN)C(=O)N(C)CCc1ccccc1. The maximum atomic E-state index is 12.2. The van der Waals surface area contributed by atoms with E-state index in [1.807, 2.05) is 39.1 Å². The highest BCUT2D eigenvalue weighted by Crippen LogP contribution is 2.12. The van der Waals surface area contributed by atoms with Crippen molar-refractivity contribution in [3.8, 4) is 0 Å². The van der Waals surface area contributed by atoms with Crippen LogP contribution in [0.4, 0.5) is 0 Å². The predicted molar refractivity (Wildman–Crippen MR) is 75.2 cm³/mol. The number of carbonyl (C=O) groups is 1. The van der Waals surface area contributed by atoms with E-state index in [-0.39, 0.29) is 11.8 Å². The van der Waals surface area contributed by atoms with E-state index in [2.05, 4.69) is 12.1 Å². The molecule has 3 nitrogen and oxygen atoms in total. The summed E-state index contributed by atoms with van der Waals surface area (Å²) in [6.45, 7) is 5.25. The molecule has 0 saturated carbocycles. The van der Waals surface area contributed by atoms with Gasteiger partial charge in [0.05, 0.1) is 5.92 Å². The van der Waals surface area contributed by atoms with Crippen molar-refractivity contribution in [2.24, 2.45) is 17.6 Å². The molecule has 18 heavy (non-hydrogen) atoms. The number of carbonyl (C=O) groups excluding carboxylic acids is 1. The zero-order valence-corrected chi connectivity index (χ0v) is 11.6. The Balaban J connectivity index is 2.50. The molecular weight excluding hydrogens is 224 g/mol. The molecule has 0 aliphatic rings. The lowest BCUT2D eigenvalue weighted by Crippen LogP contribution is -2.40. The Morgan fingerprint density at radius 3 is 2.39 bits per heavy atom. The van der Waals surface area contributed by atoms with Crippen LogP contribution < -0.4 is 5.73 Å². The minimum Gasteiger partial charge on any atom is -0.345 e. The molecular formula is C15H24N2O. The van der Waals surface area contributed by atoms with Crippen molar-refractivity contribution >= 4 is 5.91 Å². The Morgan fingerprint density at radius 2 is 1.89 bits per heavy atom. The molecule has 0 aliphatic carbocycles. The van der Waals surface area contributed by atoms with E-state index in [9.17, 15) is 4.79 Å². The van der Waals surface area contributed by atoms with Gasteiger partial charge in [-0.25, -0.2) is 0 Å². The topological polar surface area (TPSA) is 46.3 Å². The van der Waals surface area contributed by atoms with Crippen molar-refractivity contribution in [1.29, 1.82) is 0 Å². The summed E-state index contributed by atoms with van der Waals surface area (Å²) in [5, 5.41) is 0. The van der Waals surface area contributed by atoms with E-state index < -0.39 is 0 Å². The fraction of sp³-hybridized carbons (Fsp3) is 0.533. The van der Waals surface area contributed by atoms with Crippen molar-refractivity contribution in [1.82, 2.24) is 4.90 Å². The van der Waals surface area contributed by atoms with Crippen molar-refractivity contribution < 1.29 is 4.79 Å². The number of nitrogens with two attached hydrogens (primary N) is 1. The van der Waals surface area contributed by atoms with Gasteiger partial charge in [0, 0.05) is 20.1 Å². The second-order valence-corrected chi connectivity index (χ2v) is 5.08. The molecule has 2 N–H and O–H groups in total. The van der Waals surface area contributed by atoms with Gasteiger partial charge in [-0.1, -0.05) is 44.2 Å². The van der Waals surface area contributed by atoms with E-state index in [1.54, 1.807) is 4.90 Å². The second kappa shape index (κ2) is 7.17. The molecule has 0 bridgehead atoms. The molecule has 1 unspecified atom stereocenters. The smallest absolute Gasteiger partial charge is 0.226 e. The maximum Gasteiger partial charge on any atom is 0.226 e. The van der Waals surface area contributed by atoms with Crippen molar-refractivity contribution in [3.63, 3.8) is 0 Å². The molecule has 0 fully saturated rings. The summed E-state index contributed by atoms with van der Waals surface area (Å²) in [7, 11) is 1.86. The molecule has 0 aliphatic heterocycles. The molecule has 3 heteroatoms. The lowest BCUT2D eigenvalue weighted by molar-refractivity contribution is -0.135. The van der Waals surface area contributed by atoms with E-state index >= 15 is 0 Å². The monoisotopic (exact) mass is 248 g/mol. The first-order valence-electron chi connectivity index (χ1n) is 6.55. The van der Waals surface area contributed by atoms with Crippen LogP contribution in [0, 0.1) is 11.8 Å². The lowest BCUT2D eigenvalue weighted by Gasteiger charge is -2.25. The van der Waals surface area contributed by atoms with Gasteiger partial charge in [0.1, 0.15) is 0 Å². The highest BCUT2D eigenvalue weighted by atomic mass is 16.2. The van der Waals surface area contributed by atoms with Crippen LogP contribution in [-0.4, -0.2) is 30.9 Å². The van der Waals surface area contributed by atoms with Crippen LogP contribution in [0.3, 0.4) is 0 Å². The maximum absolute atomic E-state index is 12.2. The Bertz CT molecular complexity index is 362. The number of likely N-dealkylation sites (N-methyl/N-ethyl adjacent to an activating group) is 1. The Kier molecular flexibility index (Phi) is 5.86. The zero-order chi connectivity index (χ0) is 13.5. The largest absolute Gasteiger partial charge is 0.345 e. The Hall–Kier alpha value is -1.35. The Morgan fingerprint density at radius 1 is 1.28 bits per heavy atom. The van der Waals surface area contributed by atoms with E-state index in [0.29, 0.717) is 12.5 Å². The molecule has 0 spiro atoms. The van der Waals surface area contributed by atoms with Gasteiger partial charge in [-0.3, -0.25) is 4.79 Å². The Labute approximate surface area is 110 Å². The molecule has 1 aromatic rings. The molecule has 0 heterocycles. The van der Waals surface area contributed by atoms with Gasteiger partial charge >= 0.3 is 0 Å². The molecule has 1 aromatic carbocycles. The van der Waals surface area contributed by atoms with Crippen LogP contribution in [0.5, 0.6) is 0 Å². The van der Waals surface area contributed by atoms with Crippen LogP contribution in [-0.2, 0) is 11.2 Å². The molecule has 1 amide bonds. The van der Waals surface area contributed by atoms with Gasteiger partial charge in [0.25, 0.3) is 0 Å². The first-order valence-corrected chi connectivity index (χ1v) is 6.55. The van der Waals surface area contributed by atoms with Gasteiger partial charge in [-0.05, 0) is 17.9 Å². The van der Waals surface area contributed by atoms with Gasteiger partial charge in [-0.15, -0.1) is 0 Å². The standard InChI is InChI=1S/C15H24N2O/c1-12(2)14(11-16)15(18)17(3)10-9-13-7-5-4-6-8-13/h4-8,12,14H,9-11,16H2,1-3H3. The van der Waals surface area contributed by atoms with Crippen molar-refractivity contribution in [2.45, 2.75) is 20.3 Å². The highest BCUT2D eigenvalue weighted by Gasteiger charge is 2.23. The quantitative estimate of drug-likeness (QED) is 0.836. The number of hydrogen-bond donors (Lipinski definition) is 1. The fourth-order valence-corrected chi connectivity index (χ4v) is 1.99. The van der Waals surface area contributed by atoms with E-state index in [0.717, 1.165) is 13.0 Å². The van der Waals surface area contributed by atoms with Gasteiger partial charge in [-0.2, -0.15) is 0 Å². The van der Waals surface area contributed by atoms with Crippen LogP contribution in [0.1, 0.15) is 19.4 Å². The third-order valence-corrected chi connectivity index (χ3v) is 3.33. The summed E-state index contributed by atoms with van der Waals surface area (Å²) in [5.41, 5.74) is 6.93. The molecule has 1 atom stereocenters. The van der Waals surface area contributed by atoms with E-state index in [4.69, 9.17) is 5.73 Å². The minimum absolute atomic E-state index is 0.0641. The van der Waals surface area contributed by atoms with E-state index in [1.165, 1.54) is 5.56 Å². The summed E-state index contributed by atoms with van der Waals surface area (Å²) in [4.78, 5) is 14.0. The van der Waals surface area contributed by atoms with Crippen LogP contribution in [0.15, 0.2) is 30.3 Å². The normalized spacial score (nSPS) is 12.5. The predicted octanol–water partition coefficient (Wildman–Crippen LogP) is 1.92. The molecule has 0 saturated heterocycles. The number of hydrogen-bond acceptors (Lipinski definition) is 2. The first-order chi connectivity index (χ1) is 8.56. The summed E-state index contributed by atoms with van der Waals surface area (Å²) in [5.74, 6) is 0.385. The third-order valence-electron chi connectivity index (χ3n) is 3.33. The number of nitrogens with zero attached hydrogens (tertiary/aromatic N) is 1. The average molecular weight is 248 g/mol. The number of rotatable bonds is 6. The van der Waals surface area contributed by atoms with Crippen molar-refractivity contribution in [2.75, 3.05) is 20.1 Å². The second-order valence-electron chi connectivity index (χ2n) is 5.08. The summed E-state index contributed by atoms with van der Waals surface area (Å²) >= 11 is 0. The molecule has 1 rings (SSSR count). The van der Waals surface area contributed by atoms with Gasteiger partial charge < -0.3 is 10.6 Å². The zero-order valence-electron chi connectivity index (χ0n) is 11.6.